The minimum absolute atomic E-state index is 0.0691. The minimum Gasteiger partial charge on any atom is -0.444 e. The maximum atomic E-state index is 12.6. The number of nitriles is 1. The van der Waals surface area contributed by atoms with Gasteiger partial charge in [0, 0.05) is 42.9 Å². The van der Waals surface area contributed by atoms with Crippen LogP contribution in [0.25, 0.3) is 0 Å². The lowest BCUT2D eigenvalue weighted by Gasteiger charge is -2.30. The highest BCUT2D eigenvalue weighted by Gasteiger charge is 2.38. The van der Waals surface area contributed by atoms with Crippen LogP contribution in [0.3, 0.4) is 0 Å². The number of carbonyl (C=O) groups excluding carboxylic acids is 1. The second-order valence-corrected chi connectivity index (χ2v) is 7.73. The van der Waals surface area contributed by atoms with E-state index < -0.39 is 0 Å². The first-order valence-electron chi connectivity index (χ1n) is 8.88. The average molecular weight is 371 g/mol. The van der Waals surface area contributed by atoms with Gasteiger partial charge in [0.15, 0.2) is 5.78 Å². The van der Waals surface area contributed by atoms with E-state index in [1.165, 1.54) is 5.56 Å². The predicted molar refractivity (Wildman–Crippen MR) is 97.0 cm³/mol. The Kier molecular flexibility index (Phi) is 4.81. The fraction of sp³-hybridized carbons (Fsp3) is 0.474. The van der Waals surface area contributed by atoms with Crippen LogP contribution >= 0.6 is 11.3 Å². The third kappa shape index (κ3) is 3.16. The van der Waals surface area contributed by atoms with Crippen LogP contribution in [0.5, 0.6) is 0 Å². The minimum atomic E-state index is -0.389. The molecule has 2 aliphatic heterocycles. The van der Waals surface area contributed by atoms with E-state index in [0.29, 0.717) is 29.7 Å². The molecule has 3 aliphatic rings. The van der Waals surface area contributed by atoms with Gasteiger partial charge < -0.3 is 15.2 Å². The zero-order valence-electron chi connectivity index (χ0n) is 14.5. The predicted octanol–water partition coefficient (Wildman–Crippen LogP) is 2.40. The normalized spacial score (nSPS) is 24.3. The fourth-order valence-corrected chi connectivity index (χ4v) is 4.81. The Hall–Kier alpha value is -2.14. The van der Waals surface area contributed by atoms with Gasteiger partial charge in [-0.25, -0.2) is 0 Å². The Balaban J connectivity index is 1.65. The summed E-state index contributed by atoms with van der Waals surface area (Å²) in [5.41, 5.74) is 8.16. The Morgan fingerprint density at radius 3 is 2.92 bits per heavy atom. The van der Waals surface area contributed by atoms with Gasteiger partial charge in [-0.3, -0.25) is 9.69 Å². The van der Waals surface area contributed by atoms with Crippen molar-refractivity contribution >= 4 is 17.1 Å². The SMILES string of the molecule is N#CC1=C(N)OC2=C(C(=O)CCC2)C1c1cc(CN2CCOCC2)cs1. The van der Waals surface area contributed by atoms with Crippen LogP contribution in [0.4, 0.5) is 0 Å². The molecule has 0 amide bonds. The molecule has 1 aliphatic carbocycles. The number of ketones is 1. The monoisotopic (exact) mass is 371 g/mol. The van der Waals surface area contributed by atoms with Crippen molar-refractivity contribution < 1.29 is 14.3 Å². The summed E-state index contributed by atoms with van der Waals surface area (Å²) in [5.74, 6) is 0.458. The summed E-state index contributed by atoms with van der Waals surface area (Å²) < 4.78 is 11.0. The zero-order chi connectivity index (χ0) is 18.1. The standard InChI is InChI=1S/C19H21N3O3S/c20-9-13-17(18-14(23)2-1-3-15(18)25-19(13)21)16-8-12(11-26-16)10-22-4-6-24-7-5-22/h8,11,17H,1-7,10,21H2. The van der Waals surface area contributed by atoms with Crippen molar-refractivity contribution in [2.24, 2.45) is 5.73 Å². The van der Waals surface area contributed by atoms with Crippen LogP contribution in [0.2, 0.25) is 0 Å². The highest BCUT2D eigenvalue weighted by Crippen LogP contribution is 2.45. The quantitative estimate of drug-likeness (QED) is 0.878. The maximum absolute atomic E-state index is 12.6. The lowest BCUT2D eigenvalue weighted by molar-refractivity contribution is -0.116. The van der Waals surface area contributed by atoms with Gasteiger partial charge in [-0.05, 0) is 23.4 Å². The molecule has 1 atom stereocenters. The Morgan fingerprint density at radius 1 is 1.35 bits per heavy atom. The summed E-state index contributed by atoms with van der Waals surface area (Å²) in [4.78, 5) is 15.9. The van der Waals surface area contributed by atoms with Gasteiger partial charge in [-0.1, -0.05) is 0 Å². The Morgan fingerprint density at radius 2 is 2.15 bits per heavy atom. The van der Waals surface area contributed by atoms with Gasteiger partial charge in [-0.15, -0.1) is 11.3 Å². The molecule has 1 fully saturated rings. The van der Waals surface area contributed by atoms with Gasteiger partial charge in [-0.2, -0.15) is 5.26 Å². The molecule has 6 nitrogen and oxygen atoms in total. The summed E-state index contributed by atoms with van der Waals surface area (Å²) in [6.07, 6.45) is 1.97. The van der Waals surface area contributed by atoms with Gasteiger partial charge in [0.2, 0.25) is 5.88 Å². The van der Waals surface area contributed by atoms with Crippen molar-refractivity contribution in [3.8, 4) is 6.07 Å². The molecular formula is C19H21N3O3S. The van der Waals surface area contributed by atoms with Crippen molar-refractivity contribution in [1.29, 1.82) is 5.26 Å². The number of rotatable bonds is 3. The highest BCUT2D eigenvalue weighted by molar-refractivity contribution is 7.10. The molecule has 2 N–H and O–H groups in total. The van der Waals surface area contributed by atoms with E-state index in [9.17, 15) is 10.1 Å². The van der Waals surface area contributed by atoms with Crippen molar-refractivity contribution in [2.45, 2.75) is 31.7 Å². The number of nitrogens with zero attached hydrogens (tertiary/aromatic N) is 2. The van der Waals surface area contributed by atoms with Crippen LogP contribution in [0.1, 0.15) is 35.6 Å². The number of carbonyl (C=O) groups is 1. The first-order valence-corrected chi connectivity index (χ1v) is 9.76. The molecule has 0 spiro atoms. The van der Waals surface area contributed by atoms with E-state index in [0.717, 1.165) is 44.1 Å². The molecule has 1 unspecified atom stereocenters. The summed E-state index contributed by atoms with van der Waals surface area (Å²) >= 11 is 1.58. The number of Topliss-reactive ketones (excluding diaryl/α,β-unsaturated/α-hetero) is 1. The third-order valence-corrected chi connectivity index (χ3v) is 6.12. The Labute approximate surface area is 156 Å². The molecular weight excluding hydrogens is 350 g/mol. The van der Waals surface area contributed by atoms with Crippen molar-refractivity contribution in [3.63, 3.8) is 0 Å². The number of hydrogen-bond donors (Lipinski definition) is 1. The van der Waals surface area contributed by atoms with Crippen LogP contribution in [0.15, 0.2) is 34.2 Å². The largest absolute Gasteiger partial charge is 0.444 e. The molecule has 1 saturated heterocycles. The number of allylic oxidation sites excluding steroid dienone is 3. The second kappa shape index (κ2) is 7.23. The van der Waals surface area contributed by atoms with Crippen molar-refractivity contribution in [2.75, 3.05) is 26.3 Å². The summed E-state index contributed by atoms with van der Waals surface area (Å²) in [7, 11) is 0. The molecule has 4 rings (SSSR count). The van der Waals surface area contributed by atoms with E-state index >= 15 is 0 Å². The summed E-state index contributed by atoms with van der Waals surface area (Å²) in [6, 6.07) is 4.27. The average Bonchev–Trinajstić information content (AvgIpc) is 3.10. The number of morpholine rings is 1. The van der Waals surface area contributed by atoms with Gasteiger partial charge >= 0.3 is 0 Å². The van der Waals surface area contributed by atoms with E-state index in [1.54, 1.807) is 11.3 Å². The van der Waals surface area contributed by atoms with Crippen molar-refractivity contribution in [3.05, 3.63) is 44.7 Å². The van der Waals surface area contributed by atoms with Crippen LogP contribution in [-0.2, 0) is 20.8 Å². The molecule has 0 aromatic carbocycles. The molecule has 7 heteroatoms. The Bertz CT molecular complexity index is 827. The zero-order valence-corrected chi connectivity index (χ0v) is 15.3. The van der Waals surface area contributed by atoms with Crippen molar-refractivity contribution in [1.82, 2.24) is 4.90 Å². The molecule has 3 heterocycles. The number of thiophene rings is 1. The van der Waals surface area contributed by atoms with E-state index in [2.05, 4.69) is 22.4 Å². The number of hydrogen-bond acceptors (Lipinski definition) is 7. The molecule has 1 aromatic heterocycles. The van der Waals surface area contributed by atoms with E-state index in [-0.39, 0.29) is 17.6 Å². The maximum Gasteiger partial charge on any atom is 0.205 e. The van der Waals surface area contributed by atoms with Gasteiger partial charge in [0.25, 0.3) is 0 Å². The highest BCUT2D eigenvalue weighted by atomic mass is 32.1. The fourth-order valence-electron chi connectivity index (χ4n) is 3.79. The topological polar surface area (TPSA) is 88.6 Å². The molecule has 26 heavy (non-hydrogen) atoms. The van der Waals surface area contributed by atoms with Gasteiger partial charge in [0.05, 0.1) is 19.1 Å². The molecule has 0 saturated carbocycles. The van der Waals surface area contributed by atoms with E-state index in [4.69, 9.17) is 15.2 Å². The summed E-state index contributed by atoms with van der Waals surface area (Å²) in [5, 5.41) is 11.7. The van der Waals surface area contributed by atoms with E-state index in [1.807, 2.05) is 0 Å². The van der Waals surface area contributed by atoms with Crippen LogP contribution in [-0.4, -0.2) is 37.0 Å². The van der Waals surface area contributed by atoms with Gasteiger partial charge in [0.1, 0.15) is 17.4 Å². The molecule has 136 valence electrons. The second-order valence-electron chi connectivity index (χ2n) is 6.78. The number of ether oxygens (including phenoxy) is 2. The molecule has 1 aromatic rings. The van der Waals surface area contributed by atoms with Crippen LogP contribution < -0.4 is 5.73 Å². The van der Waals surface area contributed by atoms with Crippen LogP contribution in [0, 0.1) is 11.3 Å². The lowest BCUT2D eigenvalue weighted by atomic mass is 9.80. The smallest absolute Gasteiger partial charge is 0.205 e. The third-order valence-electron chi connectivity index (χ3n) is 5.07. The first-order chi connectivity index (χ1) is 12.7. The lowest BCUT2D eigenvalue weighted by Crippen LogP contribution is -2.35. The summed E-state index contributed by atoms with van der Waals surface area (Å²) in [6.45, 7) is 4.22. The molecule has 0 radical (unpaired) electrons. The number of nitrogens with two attached hydrogens (primary N) is 1. The first kappa shape index (κ1) is 17.3. The molecule has 0 bridgehead atoms.